The van der Waals surface area contributed by atoms with Crippen molar-refractivity contribution in [3.63, 3.8) is 0 Å². The molecule has 4 nitrogen and oxygen atoms in total. The van der Waals surface area contributed by atoms with E-state index in [2.05, 4.69) is 10.3 Å². The summed E-state index contributed by atoms with van der Waals surface area (Å²) >= 11 is 0. The van der Waals surface area contributed by atoms with Crippen LogP contribution in [0, 0.1) is 0 Å². The average Bonchev–Trinajstić information content (AvgIpc) is 2.37. The minimum Gasteiger partial charge on any atom is -0.389 e. The second kappa shape index (κ2) is 5.23. The first-order chi connectivity index (χ1) is 8.24. The van der Waals surface area contributed by atoms with Gasteiger partial charge >= 0.3 is 0 Å². The number of fused-ring (bicyclic) bond motifs is 1. The molecule has 2 aromatic rings. The van der Waals surface area contributed by atoms with Crippen LogP contribution in [0.3, 0.4) is 0 Å². The van der Waals surface area contributed by atoms with Crippen molar-refractivity contribution in [2.45, 2.75) is 12.2 Å². The van der Waals surface area contributed by atoms with Crippen LogP contribution in [0.4, 0.5) is 0 Å². The monoisotopic (exact) mass is 232 g/mol. The van der Waals surface area contributed by atoms with E-state index in [1.807, 2.05) is 24.3 Å². The first-order valence-corrected chi connectivity index (χ1v) is 5.57. The van der Waals surface area contributed by atoms with E-state index in [-0.39, 0.29) is 0 Å². The molecule has 0 fully saturated rings. The Morgan fingerprint density at radius 2 is 2.12 bits per heavy atom. The van der Waals surface area contributed by atoms with Gasteiger partial charge < -0.3 is 15.5 Å². The van der Waals surface area contributed by atoms with Gasteiger partial charge in [0.25, 0.3) is 0 Å². The number of benzene rings is 1. The molecule has 0 bridgehead atoms. The molecule has 3 N–H and O–H groups in total. The van der Waals surface area contributed by atoms with Gasteiger partial charge in [-0.15, -0.1) is 0 Å². The highest BCUT2D eigenvalue weighted by Crippen LogP contribution is 2.25. The molecule has 17 heavy (non-hydrogen) atoms. The summed E-state index contributed by atoms with van der Waals surface area (Å²) in [6, 6.07) is 7.46. The minimum absolute atomic E-state index is 0.350. The van der Waals surface area contributed by atoms with Crippen LogP contribution in [0.25, 0.3) is 10.8 Å². The number of nitrogens with zero attached hydrogens (tertiary/aromatic N) is 1. The van der Waals surface area contributed by atoms with Gasteiger partial charge in [-0.2, -0.15) is 0 Å². The summed E-state index contributed by atoms with van der Waals surface area (Å²) in [5, 5.41) is 24.6. The van der Waals surface area contributed by atoms with E-state index in [0.29, 0.717) is 6.54 Å². The Bertz CT molecular complexity index is 496. The Balaban J connectivity index is 2.41. The Kier molecular flexibility index (Phi) is 3.68. The molecule has 4 heteroatoms. The lowest BCUT2D eigenvalue weighted by molar-refractivity contribution is 0.0211. The van der Waals surface area contributed by atoms with Crippen molar-refractivity contribution in [1.82, 2.24) is 10.3 Å². The molecule has 0 saturated carbocycles. The van der Waals surface area contributed by atoms with Crippen LogP contribution in [0.15, 0.2) is 36.7 Å². The van der Waals surface area contributed by atoms with Crippen LogP contribution in [0.5, 0.6) is 0 Å². The summed E-state index contributed by atoms with van der Waals surface area (Å²) in [5.41, 5.74) is 0.729. The highest BCUT2D eigenvalue weighted by atomic mass is 16.3. The van der Waals surface area contributed by atoms with Crippen molar-refractivity contribution in [2.75, 3.05) is 13.6 Å². The van der Waals surface area contributed by atoms with Crippen molar-refractivity contribution in [3.8, 4) is 0 Å². The van der Waals surface area contributed by atoms with Gasteiger partial charge in [0, 0.05) is 24.3 Å². The lowest BCUT2D eigenvalue weighted by Gasteiger charge is -2.19. The number of hydrogen-bond donors (Lipinski definition) is 3. The number of nitrogens with one attached hydrogen (secondary N) is 1. The van der Waals surface area contributed by atoms with E-state index in [1.54, 1.807) is 19.4 Å². The van der Waals surface area contributed by atoms with Gasteiger partial charge in [-0.3, -0.25) is 4.98 Å². The lowest BCUT2D eigenvalue weighted by atomic mass is 9.98. The molecule has 2 rings (SSSR count). The van der Waals surface area contributed by atoms with Crippen molar-refractivity contribution < 1.29 is 10.2 Å². The number of rotatable bonds is 4. The van der Waals surface area contributed by atoms with Gasteiger partial charge in [-0.1, -0.05) is 18.2 Å². The maximum Gasteiger partial charge on any atom is 0.107 e. The van der Waals surface area contributed by atoms with E-state index in [0.717, 1.165) is 16.3 Å². The van der Waals surface area contributed by atoms with E-state index in [1.165, 1.54) is 0 Å². The molecule has 1 heterocycles. The average molecular weight is 232 g/mol. The third-order valence-electron chi connectivity index (χ3n) is 2.81. The number of aromatic nitrogens is 1. The Morgan fingerprint density at radius 1 is 1.29 bits per heavy atom. The molecular weight excluding hydrogens is 216 g/mol. The Labute approximate surface area is 99.9 Å². The molecule has 90 valence electrons. The van der Waals surface area contributed by atoms with Crippen molar-refractivity contribution in [3.05, 3.63) is 42.2 Å². The van der Waals surface area contributed by atoms with Crippen LogP contribution in [-0.4, -0.2) is 34.9 Å². The van der Waals surface area contributed by atoms with Gasteiger partial charge in [0.05, 0.1) is 6.10 Å². The molecular formula is C13H16N2O2. The van der Waals surface area contributed by atoms with Gasteiger partial charge in [0.15, 0.2) is 0 Å². The molecule has 0 radical (unpaired) electrons. The zero-order valence-electron chi connectivity index (χ0n) is 9.67. The number of aliphatic hydroxyl groups is 2. The van der Waals surface area contributed by atoms with Crippen LogP contribution in [-0.2, 0) is 0 Å². The van der Waals surface area contributed by atoms with Crippen LogP contribution in [0.1, 0.15) is 11.7 Å². The number of aliphatic hydroxyl groups excluding tert-OH is 2. The Morgan fingerprint density at radius 3 is 2.88 bits per heavy atom. The van der Waals surface area contributed by atoms with Crippen LogP contribution in [0.2, 0.25) is 0 Å². The first kappa shape index (κ1) is 12.0. The molecule has 2 unspecified atom stereocenters. The Hall–Kier alpha value is -1.49. The standard InChI is InChI=1S/C13H16N2O2/c1-14-8-12(16)13(17)11-4-2-3-9-7-15-6-5-10(9)11/h2-7,12-14,16-17H,8H2,1H3. The highest BCUT2D eigenvalue weighted by Gasteiger charge is 2.19. The van der Waals surface area contributed by atoms with E-state index < -0.39 is 12.2 Å². The summed E-state index contributed by atoms with van der Waals surface area (Å²) in [5.74, 6) is 0. The van der Waals surface area contributed by atoms with E-state index >= 15 is 0 Å². The van der Waals surface area contributed by atoms with Crippen LogP contribution >= 0.6 is 0 Å². The number of likely N-dealkylation sites (N-methyl/N-ethyl adjacent to an activating group) is 1. The summed E-state index contributed by atoms with van der Waals surface area (Å²) < 4.78 is 0. The van der Waals surface area contributed by atoms with Crippen molar-refractivity contribution in [1.29, 1.82) is 0 Å². The largest absolute Gasteiger partial charge is 0.389 e. The molecule has 0 aliphatic carbocycles. The van der Waals surface area contributed by atoms with Gasteiger partial charge in [0.2, 0.25) is 0 Å². The van der Waals surface area contributed by atoms with Crippen molar-refractivity contribution in [2.24, 2.45) is 0 Å². The van der Waals surface area contributed by atoms with Gasteiger partial charge in [0.1, 0.15) is 6.10 Å². The number of hydrogen-bond acceptors (Lipinski definition) is 4. The minimum atomic E-state index is -0.895. The maximum absolute atomic E-state index is 10.1. The summed E-state index contributed by atoms with van der Waals surface area (Å²) in [6.45, 7) is 0.350. The zero-order valence-corrected chi connectivity index (χ0v) is 9.67. The topological polar surface area (TPSA) is 65.4 Å². The smallest absolute Gasteiger partial charge is 0.107 e. The second-order valence-corrected chi connectivity index (χ2v) is 4.01. The third kappa shape index (κ3) is 2.44. The maximum atomic E-state index is 10.1. The predicted octanol–water partition coefficient (Wildman–Crippen LogP) is 0.848. The predicted molar refractivity (Wildman–Crippen MR) is 66.6 cm³/mol. The van der Waals surface area contributed by atoms with Crippen molar-refractivity contribution >= 4 is 10.8 Å². The normalized spacial score (nSPS) is 14.8. The highest BCUT2D eigenvalue weighted by molar-refractivity contribution is 5.85. The fourth-order valence-electron chi connectivity index (χ4n) is 1.93. The summed E-state index contributed by atoms with van der Waals surface area (Å²) in [4.78, 5) is 4.04. The quantitative estimate of drug-likeness (QED) is 0.731. The van der Waals surface area contributed by atoms with Crippen LogP contribution < -0.4 is 5.32 Å². The molecule has 0 saturated heterocycles. The molecule has 0 aliphatic heterocycles. The van der Waals surface area contributed by atoms with Gasteiger partial charge in [-0.25, -0.2) is 0 Å². The zero-order chi connectivity index (χ0) is 12.3. The van der Waals surface area contributed by atoms with Gasteiger partial charge in [-0.05, 0) is 24.1 Å². The fourth-order valence-corrected chi connectivity index (χ4v) is 1.93. The molecule has 0 amide bonds. The first-order valence-electron chi connectivity index (χ1n) is 5.57. The van der Waals surface area contributed by atoms with E-state index in [4.69, 9.17) is 0 Å². The van der Waals surface area contributed by atoms with E-state index in [9.17, 15) is 10.2 Å². The fraction of sp³-hybridized carbons (Fsp3) is 0.308. The SMILES string of the molecule is CNCC(O)C(O)c1cccc2cnccc12. The molecule has 0 aliphatic rings. The summed E-state index contributed by atoms with van der Waals surface area (Å²) in [6.07, 6.45) is 1.71. The molecule has 1 aromatic carbocycles. The second-order valence-electron chi connectivity index (χ2n) is 4.01. The third-order valence-corrected chi connectivity index (χ3v) is 2.81. The summed E-state index contributed by atoms with van der Waals surface area (Å²) in [7, 11) is 1.74. The molecule has 1 aromatic heterocycles. The lowest BCUT2D eigenvalue weighted by Crippen LogP contribution is -2.29. The number of pyridine rings is 1. The molecule has 0 spiro atoms. The molecule has 2 atom stereocenters.